The van der Waals surface area contributed by atoms with E-state index in [9.17, 15) is 9.59 Å². The van der Waals surface area contributed by atoms with Crippen molar-refractivity contribution < 1.29 is 9.59 Å². The number of amides is 2. The summed E-state index contributed by atoms with van der Waals surface area (Å²) in [5.41, 5.74) is 2.95. The highest BCUT2D eigenvalue weighted by molar-refractivity contribution is 5.94. The SMILES string of the molecule is CC(C)CC(=O)N1CCCN(C(=O)c2ccc(-c3ccccc3)cc2)CC1. The fourth-order valence-electron chi connectivity index (χ4n) is 3.47. The molecule has 0 N–H and O–H groups in total. The van der Waals surface area contributed by atoms with Crippen molar-refractivity contribution in [2.75, 3.05) is 26.2 Å². The molecule has 0 aromatic heterocycles. The van der Waals surface area contributed by atoms with Gasteiger partial charge in [0.05, 0.1) is 0 Å². The highest BCUT2D eigenvalue weighted by atomic mass is 16.2. The molecule has 27 heavy (non-hydrogen) atoms. The molecule has 0 bridgehead atoms. The maximum Gasteiger partial charge on any atom is 0.253 e. The molecular formula is C23H28N2O2. The normalized spacial score (nSPS) is 14.9. The first-order valence-electron chi connectivity index (χ1n) is 9.77. The van der Waals surface area contributed by atoms with Crippen molar-refractivity contribution in [3.63, 3.8) is 0 Å². The smallest absolute Gasteiger partial charge is 0.253 e. The van der Waals surface area contributed by atoms with Gasteiger partial charge in [0, 0.05) is 38.2 Å². The third-order valence-electron chi connectivity index (χ3n) is 4.96. The molecule has 0 atom stereocenters. The first-order valence-corrected chi connectivity index (χ1v) is 9.77. The molecule has 0 spiro atoms. The van der Waals surface area contributed by atoms with Crippen molar-refractivity contribution in [1.82, 2.24) is 9.80 Å². The Morgan fingerprint density at radius 1 is 0.815 bits per heavy atom. The quantitative estimate of drug-likeness (QED) is 0.820. The maximum absolute atomic E-state index is 12.9. The van der Waals surface area contributed by atoms with Gasteiger partial charge in [0.1, 0.15) is 0 Å². The molecule has 0 aliphatic carbocycles. The molecule has 2 aromatic rings. The minimum atomic E-state index is 0.0489. The van der Waals surface area contributed by atoms with Crippen LogP contribution in [-0.4, -0.2) is 47.8 Å². The Kier molecular flexibility index (Phi) is 6.28. The highest BCUT2D eigenvalue weighted by Gasteiger charge is 2.23. The number of hydrogen-bond donors (Lipinski definition) is 0. The Bertz CT molecular complexity index is 769. The predicted octanol–water partition coefficient (Wildman–Crippen LogP) is 4.07. The van der Waals surface area contributed by atoms with Crippen LogP contribution < -0.4 is 0 Å². The molecule has 1 saturated heterocycles. The molecule has 1 fully saturated rings. The van der Waals surface area contributed by atoms with Crippen molar-refractivity contribution in [2.45, 2.75) is 26.7 Å². The molecule has 1 aliphatic rings. The molecule has 142 valence electrons. The number of carbonyl (C=O) groups excluding carboxylic acids is 2. The number of benzene rings is 2. The van der Waals surface area contributed by atoms with E-state index in [1.807, 2.05) is 52.3 Å². The second-order valence-electron chi connectivity index (χ2n) is 7.57. The van der Waals surface area contributed by atoms with Gasteiger partial charge >= 0.3 is 0 Å². The van der Waals surface area contributed by atoms with Gasteiger partial charge < -0.3 is 9.80 Å². The number of rotatable bonds is 4. The fraction of sp³-hybridized carbons (Fsp3) is 0.391. The summed E-state index contributed by atoms with van der Waals surface area (Å²) in [7, 11) is 0. The molecule has 0 radical (unpaired) electrons. The zero-order chi connectivity index (χ0) is 19.2. The summed E-state index contributed by atoms with van der Waals surface area (Å²) in [6.45, 7) is 6.78. The molecule has 1 aliphatic heterocycles. The Morgan fingerprint density at radius 2 is 1.41 bits per heavy atom. The van der Waals surface area contributed by atoms with Gasteiger partial charge in [-0.3, -0.25) is 9.59 Å². The van der Waals surface area contributed by atoms with Gasteiger partial charge in [0.15, 0.2) is 0 Å². The van der Waals surface area contributed by atoms with Crippen LogP contribution in [0, 0.1) is 5.92 Å². The van der Waals surface area contributed by atoms with Crippen molar-refractivity contribution >= 4 is 11.8 Å². The second-order valence-corrected chi connectivity index (χ2v) is 7.57. The van der Waals surface area contributed by atoms with Gasteiger partial charge in [-0.05, 0) is 35.6 Å². The third kappa shape index (κ3) is 4.97. The van der Waals surface area contributed by atoms with Gasteiger partial charge in [-0.25, -0.2) is 0 Å². The minimum absolute atomic E-state index is 0.0489. The largest absolute Gasteiger partial charge is 0.341 e. The molecule has 4 heteroatoms. The van der Waals surface area contributed by atoms with Crippen LogP contribution in [0.25, 0.3) is 11.1 Å². The van der Waals surface area contributed by atoms with E-state index in [1.165, 1.54) is 0 Å². The van der Waals surface area contributed by atoms with Crippen LogP contribution in [-0.2, 0) is 4.79 Å². The number of nitrogens with zero attached hydrogens (tertiary/aromatic N) is 2. The monoisotopic (exact) mass is 364 g/mol. The summed E-state index contributed by atoms with van der Waals surface area (Å²) in [4.78, 5) is 29.0. The summed E-state index contributed by atoms with van der Waals surface area (Å²) in [5.74, 6) is 0.612. The van der Waals surface area contributed by atoms with E-state index in [4.69, 9.17) is 0 Å². The Hall–Kier alpha value is -2.62. The third-order valence-corrected chi connectivity index (χ3v) is 4.96. The zero-order valence-corrected chi connectivity index (χ0v) is 16.2. The van der Waals surface area contributed by atoms with Crippen molar-refractivity contribution in [1.29, 1.82) is 0 Å². The Balaban J connectivity index is 1.63. The number of hydrogen-bond acceptors (Lipinski definition) is 2. The van der Waals surface area contributed by atoms with Gasteiger partial charge in [-0.1, -0.05) is 56.3 Å². The van der Waals surface area contributed by atoms with E-state index in [1.54, 1.807) is 0 Å². The van der Waals surface area contributed by atoms with Crippen LogP contribution in [0.4, 0.5) is 0 Å². The topological polar surface area (TPSA) is 40.6 Å². The van der Waals surface area contributed by atoms with Gasteiger partial charge in [-0.2, -0.15) is 0 Å². The molecule has 0 saturated carbocycles. The summed E-state index contributed by atoms with van der Waals surface area (Å²) >= 11 is 0. The van der Waals surface area contributed by atoms with Gasteiger partial charge in [-0.15, -0.1) is 0 Å². The van der Waals surface area contributed by atoms with E-state index in [0.29, 0.717) is 37.5 Å². The van der Waals surface area contributed by atoms with E-state index >= 15 is 0 Å². The van der Waals surface area contributed by atoms with Crippen LogP contribution in [0.5, 0.6) is 0 Å². The van der Waals surface area contributed by atoms with Crippen LogP contribution in [0.1, 0.15) is 37.0 Å². The van der Waals surface area contributed by atoms with Crippen molar-refractivity contribution in [3.8, 4) is 11.1 Å². The zero-order valence-electron chi connectivity index (χ0n) is 16.2. The minimum Gasteiger partial charge on any atom is -0.341 e. The van der Waals surface area contributed by atoms with Crippen LogP contribution in [0.2, 0.25) is 0 Å². The van der Waals surface area contributed by atoms with E-state index in [0.717, 1.165) is 24.1 Å². The highest BCUT2D eigenvalue weighted by Crippen LogP contribution is 2.20. The van der Waals surface area contributed by atoms with Crippen molar-refractivity contribution in [2.24, 2.45) is 5.92 Å². The average Bonchev–Trinajstić information content (AvgIpc) is 2.94. The molecule has 0 unspecified atom stereocenters. The molecule has 3 rings (SSSR count). The summed E-state index contributed by atoms with van der Waals surface area (Å²) in [5, 5.41) is 0. The summed E-state index contributed by atoms with van der Waals surface area (Å²) < 4.78 is 0. The lowest BCUT2D eigenvalue weighted by Crippen LogP contribution is -2.37. The molecule has 4 nitrogen and oxygen atoms in total. The van der Waals surface area contributed by atoms with E-state index < -0.39 is 0 Å². The fourth-order valence-corrected chi connectivity index (χ4v) is 3.47. The van der Waals surface area contributed by atoms with Gasteiger partial charge in [0.25, 0.3) is 5.91 Å². The van der Waals surface area contributed by atoms with Crippen LogP contribution in [0.15, 0.2) is 54.6 Å². The number of carbonyl (C=O) groups is 2. The molecule has 2 aromatic carbocycles. The second kappa shape index (κ2) is 8.85. The first-order chi connectivity index (χ1) is 13.0. The van der Waals surface area contributed by atoms with Crippen LogP contribution >= 0.6 is 0 Å². The molecule has 2 amide bonds. The Labute approximate surface area is 161 Å². The summed E-state index contributed by atoms with van der Waals surface area (Å²) in [6, 6.07) is 17.9. The van der Waals surface area contributed by atoms with Crippen LogP contribution in [0.3, 0.4) is 0 Å². The lowest BCUT2D eigenvalue weighted by atomic mass is 10.0. The predicted molar refractivity (Wildman–Crippen MR) is 108 cm³/mol. The Morgan fingerprint density at radius 3 is 2.07 bits per heavy atom. The molecular weight excluding hydrogens is 336 g/mol. The summed E-state index contributed by atoms with van der Waals surface area (Å²) in [6.07, 6.45) is 1.41. The van der Waals surface area contributed by atoms with Gasteiger partial charge in [0.2, 0.25) is 5.91 Å². The standard InChI is InChI=1S/C23H28N2O2/c1-18(2)17-22(26)24-13-6-14-25(16-15-24)23(27)21-11-9-20(10-12-21)19-7-4-3-5-8-19/h3-5,7-12,18H,6,13-17H2,1-2H3. The average molecular weight is 364 g/mol. The molecule has 1 heterocycles. The van der Waals surface area contributed by atoms with E-state index in [-0.39, 0.29) is 11.8 Å². The lowest BCUT2D eigenvalue weighted by Gasteiger charge is -2.23. The van der Waals surface area contributed by atoms with E-state index in [2.05, 4.69) is 26.0 Å². The maximum atomic E-state index is 12.9. The lowest BCUT2D eigenvalue weighted by molar-refractivity contribution is -0.131. The first kappa shape index (κ1) is 19.2. The van der Waals surface area contributed by atoms with Crippen molar-refractivity contribution in [3.05, 3.63) is 60.2 Å².